The topological polar surface area (TPSA) is 90.0 Å². The van der Waals surface area contributed by atoms with Gasteiger partial charge in [-0.05, 0) is 38.3 Å². The number of hydrogen-bond acceptors (Lipinski definition) is 3. The number of likely N-dealkylation sites (tertiary alicyclic amines) is 1. The minimum absolute atomic E-state index is 0.113. The smallest absolute Gasteiger partial charge is 0.318 e. The van der Waals surface area contributed by atoms with E-state index in [9.17, 15) is 14.4 Å². The van der Waals surface area contributed by atoms with Gasteiger partial charge in [-0.3, -0.25) is 9.59 Å². The number of carboxylic acids is 1. The van der Waals surface area contributed by atoms with Gasteiger partial charge in [-0.1, -0.05) is 17.7 Å². The molecular weight excluding hydrogens is 322 g/mol. The summed E-state index contributed by atoms with van der Waals surface area (Å²) >= 11 is 0. The molecule has 2 heterocycles. The highest BCUT2D eigenvalue weighted by atomic mass is 16.4. The van der Waals surface area contributed by atoms with Crippen LogP contribution in [-0.4, -0.2) is 53.6 Å². The Hall–Kier alpha value is -2.57. The Kier molecular flexibility index (Phi) is 4.92. The molecule has 2 atom stereocenters. The molecule has 2 aliphatic rings. The number of nitrogens with one attached hydrogen (secondary N) is 1. The lowest BCUT2D eigenvalue weighted by atomic mass is 10.0. The van der Waals surface area contributed by atoms with Crippen molar-refractivity contribution < 1.29 is 19.5 Å². The van der Waals surface area contributed by atoms with Crippen LogP contribution in [0.1, 0.15) is 24.8 Å². The molecule has 0 aromatic heterocycles. The molecule has 1 aromatic rings. The maximum absolute atomic E-state index is 12.7. The summed E-state index contributed by atoms with van der Waals surface area (Å²) < 4.78 is 0. The summed E-state index contributed by atoms with van der Waals surface area (Å²) in [7, 11) is 0. The lowest BCUT2D eigenvalue weighted by Crippen LogP contribution is -2.55. The van der Waals surface area contributed by atoms with Crippen LogP contribution in [0.5, 0.6) is 0 Å². The summed E-state index contributed by atoms with van der Waals surface area (Å²) in [6.07, 6.45) is 1.86. The van der Waals surface area contributed by atoms with E-state index in [0.717, 1.165) is 17.7 Å². The summed E-state index contributed by atoms with van der Waals surface area (Å²) in [4.78, 5) is 39.3. The molecule has 0 radical (unpaired) electrons. The van der Waals surface area contributed by atoms with Crippen molar-refractivity contribution in [1.29, 1.82) is 0 Å². The van der Waals surface area contributed by atoms with Crippen LogP contribution in [0.15, 0.2) is 24.3 Å². The molecule has 0 spiro atoms. The van der Waals surface area contributed by atoms with Gasteiger partial charge in [-0.15, -0.1) is 0 Å². The maximum atomic E-state index is 12.7. The molecule has 1 aromatic carbocycles. The third kappa shape index (κ3) is 3.75. The zero-order chi connectivity index (χ0) is 18.0. The number of carbonyl (C=O) groups excluding carboxylic acids is 2. The summed E-state index contributed by atoms with van der Waals surface area (Å²) in [6, 6.07) is 6.83. The molecule has 7 nitrogen and oxygen atoms in total. The number of amides is 3. The van der Waals surface area contributed by atoms with Crippen molar-refractivity contribution in [3.05, 3.63) is 29.8 Å². The zero-order valence-corrected chi connectivity index (χ0v) is 14.3. The number of urea groups is 1. The maximum Gasteiger partial charge on any atom is 0.318 e. The Morgan fingerprint density at radius 3 is 2.52 bits per heavy atom. The molecule has 3 amide bonds. The number of anilines is 1. The SMILES string of the molecule is Cc1ccc(N2CCCC(NC(=O)N3CCC(C(=O)O)C3)C2=O)cc1. The summed E-state index contributed by atoms with van der Waals surface area (Å²) in [6.45, 7) is 3.24. The number of hydrogen-bond donors (Lipinski definition) is 2. The predicted octanol–water partition coefficient (Wildman–Crippen LogP) is 1.61. The number of nitrogens with zero attached hydrogens (tertiary/aromatic N) is 2. The van der Waals surface area contributed by atoms with Crippen LogP contribution in [0.4, 0.5) is 10.5 Å². The Morgan fingerprint density at radius 1 is 1.16 bits per heavy atom. The number of aryl methyl sites for hydroxylation is 1. The molecule has 0 aliphatic carbocycles. The van der Waals surface area contributed by atoms with Crippen LogP contribution in [0.2, 0.25) is 0 Å². The van der Waals surface area contributed by atoms with Crippen LogP contribution in [0, 0.1) is 12.8 Å². The zero-order valence-electron chi connectivity index (χ0n) is 14.3. The van der Waals surface area contributed by atoms with Crippen LogP contribution >= 0.6 is 0 Å². The molecule has 25 heavy (non-hydrogen) atoms. The molecular formula is C18H23N3O4. The fourth-order valence-electron chi connectivity index (χ4n) is 3.38. The van der Waals surface area contributed by atoms with Gasteiger partial charge in [0.1, 0.15) is 6.04 Å². The molecule has 2 fully saturated rings. The van der Waals surface area contributed by atoms with Gasteiger partial charge in [0.05, 0.1) is 5.92 Å². The first-order chi connectivity index (χ1) is 12.0. The average molecular weight is 345 g/mol. The lowest BCUT2D eigenvalue weighted by Gasteiger charge is -2.33. The van der Waals surface area contributed by atoms with E-state index in [-0.39, 0.29) is 18.5 Å². The normalized spacial score (nSPS) is 23.6. The summed E-state index contributed by atoms with van der Waals surface area (Å²) in [5, 5.41) is 11.8. The fourth-order valence-corrected chi connectivity index (χ4v) is 3.38. The Labute approximate surface area is 146 Å². The third-order valence-electron chi connectivity index (χ3n) is 4.91. The molecule has 2 N–H and O–H groups in total. The van der Waals surface area contributed by atoms with Gasteiger partial charge in [0.15, 0.2) is 0 Å². The highest BCUT2D eigenvalue weighted by Gasteiger charge is 2.35. The summed E-state index contributed by atoms with van der Waals surface area (Å²) in [5.41, 5.74) is 1.96. The number of aliphatic carboxylic acids is 1. The Balaban J connectivity index is 1.62. The van der Waals surface area contributed by atoms with E-state index in [1.54, 1.807) is 4.90 Å². The van der Waals surface area contributed by atoms with E-state index in [1.807, 2.05) is 31.2 Å². The predicted molar refractivity (Wildman–Crippen MR) is 92.4 cm³/mol. The largest absolute Gasteiger partial charge is 0.481 e. The van der Waals surface area contributed by atoms with Gasteiger partial charge in [0, 0.05) is 25.3 Å². The number of carbonyl (C=O) groups is 3. The number of piperidine rings is 1. The van der Waals surface area contributed by atoms with Crippen molar-refractivity contribution in [2.45, 2.75) is 32.2 Å². The second-order valence-electron chi connectivity index (χ2n) is 6.74. The Morgan fingerprint density at radius 2 is 1.88 bits per heavy atom. The van der Waals surface area contributed by atoms with E-state index in [4.69, 9.17) is 5.11 Å². The van der Waals surface area contributed by atoms with Gasteiger partial charge >= 0.3 is 12.0 Å². The van der Waals surface area contributed by atoms with Crippen molar-refractivity contribution in [2.75, 3.05) is 24.5 Å². The summed E-state index contributed by atoms with van der Waals surface area (Å²) in [5.74, 6) is -1.51. The highest BCUT2D eigenvalue weighted by Crippen LogP contribution is 2.22. The van der Waals surface area contributed by atoms with E-state index in [1.165, 1.54) is 4.90 Å². The quantitative estimate of drug-likeness (QED) is 0.871. The highest BCUT2D eigenvalue weighted by molar-refractivity contribution is 5.99. The molecule has 2 saturated heterocycles. The van der Waals surface area contributed by atoms with Crippen molar-refractivity contribution in [3.8, 4) is 0 Å². The first-order valence-electron chi connectivity index (χ1n) is 8.62. The van der Waals surface area contributed by atoms with E-state index in [2.05, 4.69) is 5.32 Å². The van der Waals surface area contributed by atoms with Crippen molar-refractivity contribution >= 4 is 23.6 Å². The second-order valence-corrected chi connectivity index (χ2v) is 6.74. The van der Waals surface area contributed by atoms with Gasteiger partial charge in [0.25, 0.3) is 0 Å². The number of rotatable bonds is 3. The first-order valence-corrected chi connectivity index (χ1v) is 8.62. The van der Waals surface area contributed by atoms with E-state index < -0.39 is 17.9 Å². The lowest BCUT2D eigenvalue weighted by molar-refractivity contribution is -0.141. The van der Waals surface area contributed by atoms with Crippen LogP contribution in [-0.2, 0) is 9.59 Å². The van der Waals surface area contributed by atoms with Gasteiger partial charge in [-0.2, -0.15) is 0 Å². The standard InChI is InChI=1S/C18H23N3O4/c1-12-4-6-14(7-5-12)21-9-2-3-15(16(21)22)19-18(25)20-10-8-13(11-20)17(23)24/h4-7,13,15H,2-3,8-11H2,1H3,(H,19,25)(H,23,24). The number of benzene rings is 1. The molecule has 7 heteroatoms. The molecule has 0 saturated carbocycles. The molecule has 0 bridgehead atoms. The van der Waals surface area contributed by atoms with E-state index in [0.29, 0.717) is 25.9 Å². The van der Waals surface area contributed by atoms with Crippen molar-refractivity contribution in [3.63, 3.8) is 0 Å². The first kappa shape index (κ1) is 17.3. The van der Waals surface area contributed by atoms with Crippen molar-refractivity contribution in [2.24, 2.45) is 5.92 Å². The molecule has 3 rings (SSSR count). The fraction of sp³-hybridized carbons (Fsp3) is 0.500. The van der Waals surface area contributed by atoms with Gasteiger partial charge < -0.3 is 20.2 Å². The monoisotopic (exact) mass is 345 g/mol. The molecule has 2 unspecified atom stereocenters. The minimum Gasteiger partial charge on any atom is -0.481 e. The third-order valence-corrected chi connectivity index (χ3v) is 4.91. The van der Waals surface area contributed by atoms with Crippen LogP contribution in [0.3, 0.4) is 0 Å². The molecule has 134 valence electrons. The van der Waals surface area contributed by atoms with Gasteiger partial charge in [0.2, 0.25) is 5.91 Å². The minimum atomic E-state index is -0.880. The van der Waals surface area contributed by atoms with Crippen LogP contribution < -0.4 is 10.2 Å². The average Bonchev–Trinajstić information content (AvgIpc) is 3.08. The van der Waals surface area contributed by atoms with Crippen molar-refractivity contribution in [1.82, 2.24) is 10.2 Å². The van der Waals surface area contributed by atoms with Gasteiger partial charge in [-0.25, -0.2) is 4.79 Å². The van der Waals surface area contributed by atoms with Crippen LogP contribution in [0.25, 0.3) is 0 Å². The Bertz CT molecular complexity index is 673. The van der Waals surface area contributed by atoms with E-state index >= 15 is 0 Å². The number of carboxylic acid groups (broad SMARTS) is 1. The molecule has 2 aliphatic heterocycles. The second kappa shape index (κ2) is 7.13.